The number of rotatable bonds is 5. The standard InChI is InChI=1S/C13H18N6O.ClH/c1-9(2)10-8-11(17-12(20)4-5-14)19(18-10)13-15-6-3-7-16-13;/h3,6-9H,4-5,14H2,1-2H3,(H,17,20);1H. The summed E-state index contributed by atoms with van der Waals surface area (Å²) in [4.78, 5) is 20.0. The maximum Gasteiger partial charge on any atom is 0.252 e. The molecule has 3 N–H and O–H groups in total. The second-order valence-corrected chi connectivity index (χ2v) is 4.66. The molecule has 1 amide bonds. The average Bonchev–Trinajstić information content (AvgIpc) is 2.84. The molecule has 0 bridgehead atoms. The second-order valence-electron chi connectivity index (χ2n) is 4.66. The van der Waals surface area contributed by atoms with Crippen molar-refractivity contribution in [1.82, 2.24) is 19.7 Å². The van der Waals surface area contributed by atoms with Gasteiger partial charge in [-0.2, -0.15) is 9.78 Å². The number of carbonyl (C=O) groups excluding carboxylic acids is 1. The van der Waals surface area contributed by atoms with Gasteiger partial charge in [0.25, 0.3) is 5.95 Å². The minimum Gasteiger partial charge on any atom is -0.330 e. The Bertz CT molecular complexity index is 584. The van der Waals surface area contributed by atoms with Gasteiger partial charge in [-0.05, 0) is 12.0 Å². The lowest BCUT2D eigenvalue weighted by atomic mass is 10.1. The highest BCUT2D eigenvalue weighted by Gasteiger charge is 2.15. The number of nitrogens with one attached hydrogen (secondary N) is 1. The Balaban J connectivity index is 0.00000220. The molecule has 0 unspecified atom stereocenters. The highest BCUT2D eigenvalue weighted by molar-refractivity contribution is 5.90. The van der Waals surface area contributed by atoms with Gasteiger partial charge in [0.1, 0.15) is 5.82 Å². The van der Waals surface area contributed by atoms with Crippen LogP contribution in [0.15, 0.2) is 24.5 Å². The first-order chi connectivity index (χ1) is 9.61. The number of hydrogen-bond acceptors (Lipinski definition) is 5. The van der Waals surface area contributed by atoms with Crippen molar-refractivity contribution in [2.75, 3.05) is 11.9 Å². The first-order valence-electron chi connectivity index (χ1n) is 6.49. The van der Waals surface area contributed by atoms with Gasteiger partial charge in [-0.25, -0.2) is 9.97 Å². The molecule has 0 fully saturated rings. The van der Waals surface area contributed by atoms with Gasteiger partial charge in [0, 0.05) is 31.4 Å². The van der Waals surface area contributed by atoms with Crippen molar-refractivity contribution in [2.45, 2.75) is 26.2 Å². The normalized spacial score (nSPS) is 10.3. The van der Waals surface area contributed by atoms with E-state index in [4.69, 9.17) is 5.73 Å². The van der Waals surface area contributed by atoms with Crippen LogP contribution in [-0.4, -0.2) is 32.2 Å². The van der Waals surface area contributed by atoms with Crippen molar-refractivity contribution in [1.29, 1.82) is 0 Å². The van der Waals surface area contributed by atoms with Crippen LogP contribution in [0.5, 0.6) is 0 Å². The molecule has 2 heterocycles. The minimum atomic E-state index is -0.153. The maximum atomic E-state index is 11.7. The maximum absolute atomic E-state index is 11.7. The summed E-state index contributed by atoms with van der Waals surface area (Å²) in [5.41, 5.74) is 6.24. The van der Waals surface area contributed by atoms with E-state index in [9.17, 15) is 4.79 Å². The molecule has 8 heteroatoms. The number of nitrogens with zero attached hydrogens (tertiary/aromatic N) is 4. The van der Waals surface area contributed by atoms with Crippen molar-refractivity contribution in [3.63, 3.8) is 0 Å². The number of nitrogens with two attached hydrogens (primary N) is 1. The summed E-state index contributed by atoms with van der Waals surface area (Å²) < 4.78 is 1.53. The number of anilines is 1. The summed E-state index contributed by atoms with van der Waals surface area (Å²) in [6, 6.07) is 3.55. The van der Waals surface area contributed by atoms with E-state index in [0.717, 1.165) is 5.69 Å². The smallest absolute Gasteiger partial charge is 0.252 e. The molecule has 2 aromatic heterocycles. The van der Waals surface area contributed by atoms with E-state index in [1.54, 1.807) is 18.5 Å². The Labute approximate surface area is 129 Å². The molecule has 114 valence electrons. The van der Waals surface area contributed by atoms with Gasteiger partial charge in [-0.3, -0.25) is 4.79 Å². The van der Waals surface area contributed by atoms with E-state index in [2.05, 4.69) is 20.4 Å². The minimum absolute atomic E-state index is 0. The highest BCUT2D eigenvalue weighted by atomic mass is 35.5. The predicted octanol–water partition coefficient (Wildman–Crippen LogP) is 1.49. The van der Waals surface area contributed by atoms with Crippen LogP contribution >= 0.6 is 12.4 Å². The molecule has 0 atom stereocenters. The molecule has 0 saturated carbocycles. The predicted molar refractivity (Wildman–Crippen MR) is 82.8 cm³/mol. The van der Waals surface area contributed by atoms with Crippen molar-refractivity contribution >= 4 is 24.1 Å². The summed E-state index contributed by atoms with van der Waals surface area (Å²) in [5.74, 6) is 1.06. The van der Waals surface area contributed by atoms with E-state index in [1.807, 2.05) is 19.9 Å². The SMILES string of the molecule is CC(C)c1cc(NC(=O)CCN)n(-c2ncccn2)n1.Cl. The molecule has 0 aromatic carbocycles. The zero-order valence-electron chi connectivity index (χ0n) is 12.0. The summed E-state index contributed by atoms with van der Waals surface area (Å²) in [7, 11) is 0. The van der Waals surface area contributed by atoms with Gasteiger partial charge in [0.2, 0.25) is 5.91 Å². The van der Waals surface area contributed by atoms with Gasteiger partial charge >= 0.3 is 0 Å². The first kappa shape index (κ1) is 17.1. The summed E-state index contributed by atoms with van der Waals surface area (Å²) >= 11 is 0. The molecule has 21 heavy (non-hydrogen) atoms. The van der Waals surface area contributed by atoms with E-state index in [0.29, 0.717) is 18.3 Å². The molecule has 0 aliphatic heterocycles. The van der Waals surface area contributed by atoms with Crippen molar-refractivity contribution < 1.29 is 4.79 Å². The number of aromatic nitrogens is 4. The number of halogens is 1. The van der Waals surface area contributed by atoms with E-state index < -0.39 is 0 Å². The lowest BCUT2D eigenvalue weighted by Gasteiger charge is -2.06. The van der Waals surface area contributed by atoms with Gasteiger partial charge in [0.05, 0.1) is 5.69 Å². The van der Waals surface area contributed by atoms with Crippen LogP contribution in [0.3, 0.4) is 0 Å². The Kier molecular flexibility index (Phi) is 6.26. The van der Waals surface area contributed by atoms with Gasteiger partial charge in [0.15, 0.2) is 0 Å². The average molecular weight is 311 g/mol. The Hall–Kier alpha value is -1.99. The molecule has 0 spiro atoms. The molecular formula is C13H19ClN6O. The molecule has 0 aliphatic rings. The topological polar surface area (TPSA) is 98.7 Å². The fourth-order valence-electron chi connectivity index (χ4n) is 1.66. The Morgan fingerprint density at radius 2 is 2.05 bits per heavy atom. The van der Waals surface area contributed by atoms with Crippen LogP contribution in [0, 0.1) is 0 Å². The number of amides is 1. The molecule has 2 aromatic rings. The highest BCUT2D eigenvalue weighted by Crippen LogP contribution is 2.20. The van der Waals surface area contributed by atoms with Crippen LogP contribution < -0.4 is 11.1 Å². The fraction of sp³-hybridized carbons (Fsp3) is 0.385. The third kappa shape index (κ3) is 4.24. The largest absolute Gasteiger partial charge is 0.330 e. The summed E-state index contributed by atoms with van der Waals surface area (Å²) in [6.07, 6.45) is 3.52. The van der Waals surface area contributed by atoms with Crippen molar-refractivity contribution in [2.24, 2.45) is 5.73 Å². The molecule has 0 aliphatic carbocycles. The third-order valence-electron chi connectivity index (χ3n) is 2.70. The Morgan fingerprint density at radius 3 is 2.62 bits per heavy atom. The van der Waals surface area contributed by atoms with Crippen molar-refractivity contribution in [3.8, 4) is 5.95 Å². The van der Waals surface area contributed by atoms with Crippen LogP contribution in [0.4, 0.5) is 5.82 Å². The first-order valence-corrected chi connectivity index (χ1v) is 6.49. The lowest BCUT2D eigenvalue weighted by Crippen LogP contribution is -2.18. The lowest BCUT2D eigenvalue weighted by molar-refractivity contribution is -0.116. The van der Waals surface area contributed by atoms with Crippen LogP contribution in [0.25, 0.3) is 5.95 Å². The van der Waals surface area contributed by atoms with Crippen LogP contribution in [0.2, 0.25) is 0 Å². The molecule has 0 saturated heterocycles. The van der Waals surface area contributed by atoms with E-state index in [-0.39, 0.29) is 30.7 Å². The van der Waals surface area contributed by atoms with Gasteiger partial charge < -0.3 is 11.1 Å². The van der Waals surface area contributed by atoms with Gasteiger partial charge in [-0.15, -0.1) is 12.4 Å². The second kappa shape index (κ2) is 7.70. The summed E-state index contributed by atoms with van der Waals surface area (Å²) in [5, 5.41) is 7.23. The molecule has 0 radical (unpaired) electrons. The van der Waals surface area contributed by atoms with Crippen LogP contribution in [0.1, 0.15) is 31.9 Å². The quantitative estimate of drug-likeness (QED) is 0.872. The van der Waals surface area contributed by atoms with Crippen molar-refractivity contribution in [3.05, 3.63) is 30.2 Å². The van der Waals surface area contributed by atoms with Gasteiger partial charge in [-0.1, -0.05) is 13.8 Å². The Morgan fingerprint density at radius 1 is 1.38 bits per heavy atom. The molecular weight excluding hydrogens is 292 g/mol. The number of hydrogen-bond donors (Lipinski definition) is 2. The third-order valence-corrected chi connectivity index (χ3v) is 2.70. The van der Waals surface area contributed by atoms with E-state index >= 15 is 0 Å². The molecule has 2 rings (SSSR count). The zero-order valence-corrected chi connectivity index (χ0v) is 12.8. The van der Waals surface area contributed by atoms with E-state index in [1.165, 1.54) is 4.68 Å². The monoisotopic (exact) mass is 310 g/mol. The molecule has 7 nitrogen and oxygen atoms in total. The fourth-order valence-corrected chi connectivity index (χ4v) is 1.66. The van der Waals surface area contributed by atoms with Crippen LogP contribution in [-0.2, 0) is 4.79 Å². The zero-order chi connectivity index (χ0) is 14.5. The summed E-state index contributed by atoms with van der Waals surface area (Å²) in [6.45, 7) is 4.37. The number of carbonyl (C=O) groups is 1.